The smallest absolute Gasteiger partial charge is 0.227 e. The molecule has 0 atom stereocenters. The van der Waals surface area contributed by atoms with Gasteiger partial charge < -0.3 is 14.6 Å². The summed E-state index contributed by atoms with van der Waals surface area (Å²) < 4.78 is 18.9. The quantitative estimate of drug-likeness (QED) is 0.748. The second kappa shape index (κ2) is 6.82. The van der Waals surface area contributed by atoms with Crippen LogP contribution in [0.5, 0.6) is 5.75 Å². The number of nitrogens with one attached hydrogen (secondary N) is 1. The number of ether oxygens (including phenoxy) is 1. The SMILES string of the molecule is O=C(Cc1ccc2c(c1)CCO2)N1CC=C(c2c[nH]c3cc(F)ccc23)CC1. The highest BCUT2D eigenvalue weighted by Gasteiger charge is 2.20. The van der Waals surface area contributed by atoms with Crippen LogP contribution < -0.4 is 4.74 Å². The fraction of sp³-hybridized carbons (Fsp3) is 0.261. The molecule has 1 N–H and O–H groups in total. The Balaban J connectivity index is 1.29. The minimum absolute atomic E-state index is 0.148. The molecule has 0 saturated heterocycles. The first-order chi connectivity index (χ1) is 13.7. The van der Waals surface area contributed by atoms with Gasteiger partial charge in [-0.05, 0) is 47.4 Å². The van der Waals surface area contributed by atoms with Crippen LogP contribution in [-0.2, 0) is 17.6 Å². The van der Waals surface area contributed by atoms with E-state index in [1.807, 2.05) is 29.3 Å². The number of rotatable bonds is 3. The second-order valence-electron chi connectivity index (χ2n) is 7.43. The Morgan fingerprint density at radius 2 is 2.11 bits per heavy atom. The minimum atomic E-state index is -0.242. The number of carbonyl (C=O) groups is 1. The number of carbonyl (C=O) groups excluding carboxylic acids is 1. The van der Waals surface area contributed by atoms with Gasteiger partial charge in [0.05, 0.1) is 13.0 Å². The number of hydrogen-bond acceptors (Lipinski definition) is 2. The average Bonchev–Trinajstić information content (AvgIpc) is 3.34. The van der Waals surface area contributed by atoms with Crippen molar-refractivity contribution in [1.82, 2.24) is 9.88 Å². The molecule has 0 bridgehead atoms. The van der Waals surface area contributed by atoms with Gasteiger partial charge in [0.2, 0.25) is 5.91 Å². The zero-order chi connectivity index (χ0) is 19.1. The average molecular weight is 376 g/mol. The molecular formula is C23H21FN2O2. The van der Waals surface area contributed by atoms with Gasteiger partial charge in [0.15, 0.2) is 0 Å². The van der Waals surface area contributed by atoms with Gasteiger partial charge in [0.25, 0.3) is 0 Å². The zero-order valence-electron chi connectivity index (χ0n) is 15.5. The van der Waals surface area contributed by atoms with Gasteiger partial charge in [0.1, 0.15) is 11.6 Å². The molecular weight excluding hydrogens is 355 g/mol. The fourth-order valence-electron chi connectivity index (χ4n) is 4.14. The maximum Gasteiger partial charge on any atom is 0.227 e. The van der Waals surface area contributed by atoms with Gasteiger partial charge in [-0.3, -0.25) is 4.79 Å². The first-order valence-electron chi connectivity index (χ1n) is 9.66. The standard InChI is InChI=1S/C23H21FN2O2/c24-18-2-3-19-20(14-25-21(19)13-18)16-5-8-26(9-6-16)23(27)12-15-1-4-22-17(11-15)7-10-28-22/h1-5,11,13-14,25H,6-10,12H2. The van der Waals surface area contributed by atoms with E-state index in [1.54, 1.807) is 0 Å². The summed E-state index contributed by atoms with van der Waals surface area (Å²) in [5.74, 6) is 0.851. The zero-order valence-corrected chi connectivity index (χ0v) is 15.5. The van der Waals surface area contributed by atoms with Crippen molar-refractivity contribution in [2.75, 3.05) is 19.7 Å². The molecule has 1 aromatic heterocycles. The van der Waals surface area contributed by atoms with E-state index in [0.29, 0.717) is 19.5 Å². The lowest BCUT2D eigenvalue weighted by Crippen LogP contribution is -2.35. The van der Waals surface area contributed by atoms with E-state index in [4.69, 9.17) is 4.74 Å². The Kier molecular flexibility index (Phi) is 4.15. The van der Waals surface area contributed by atoms with E-state index in [1.165, 1.54) is 23.3 Å². The van der Waals surface area contributed by atoms with Crippen molar-refractivity contribution >= 4 is 22.4 Å². The second-order valence-corrected chi connectivity index (χ2v) is 7.43. The third-order valence-electron chi connectivity index (χ3n) is 5.66. The summed E-state index contributed by atoms with van der Waals surface area (Å²) in [5, 5.41) is 1.02. The normalized spacial score (nSPS) is 16.0. The molecule has 0 unspecified atom stereocenters. The molecule has 5 rings (SSSR count). The summed E-state index contributed by atoms with van der Waals surface area (Å²) in [6.07, 6.45) is 6.18. The topological polar surface area (TPSA) is 45.3 Å². The van der Waals surface area contributed by atoms with E-state index in [9.17, 15) is 9.18 Å². The molecule has 4 nitrogen and oxygen atoms in total. The lowest BCUT2D eigenvalue weighted by Gasteiger charge is -2.26. The Morgan fingerprint density at radius 3 is 2.96 bits per heavy atom. The predicted octanol–water partition coefficient (Wildman–Crippen LogP) is 4.10. The van der Waals surface area contributed by atoms with E-state index in [-0.39, 0.29) is 11.7 Å². The van der Waals surface area contributed by atoms with Crippen molar-refractivity contribution in [2.24, 2.45) is 0 Å². The van der Waals surface area contributed by atoms with Gasteiger partial charge in [0, 0.05) is 42.2 Å². The largest absolute Gasteiger partial charge is 0.493 e. The summed E-state index contributed by atoms with van der Waals surface area (Å²) in [7, 11) is 0. The number of H-pyrrole nitrogens is 1. The molecule has 28 heavy (non-hydrogen) atoms. The number of benzene rings is 2. The Labute approximate surface area is 162 Å². The molecule has 2 aromatic carbocycles. The molecule has 0 spiro atoms. The maximum absolute atomic E-state index is 13.4. The van der Waals surface area contributed by atoms with Crippen LogP contribution in [0, 0.1) is 5.82 Å². The number of halogens is 1. The Hall–Kier alpha value is -3.08. The number of fused-ring (bicyclic) bond motifs is 2. The first kappa shape index (κ1) is 17.0. The maximum atomic E-state index is 13.4. The highest BCUT2D eigenvalue weighted by atomic mass is 19.1. The highest BCUT2D eigenvalue weighted by molar-refractivity contribution is 5.93. The lowest BCUT2D eigenvalue weighted by atomic mass is 9.98. The van der Waals surface area contributed by atoms with Crippen molar-refractivity contribution in [2.45, 2.75) is 19.3 Å². The molecule has 3 aromatic rings. The lowest BCUT2D eigenvalue weighted by molar-refractivity contribution is -0.130. The van der Waals surface area contributed by atoms with Crippen molar-refractivity contribution < 1.29 is 13.9 Å². The predicted molar refractivity (Wildman–Crippen MR) is 107 cm³/mol. The molecule has 3 heterocycles. The van der Waals surface area contributed by atoms with Crippen LogP contribution in [0.15, 0.2) is 48.7 Å². The molecule has 142 valence electrons. The molecule has 0 aliphatic carbocycles. The monoisotopic (exact) mass is 376 g/mol. The van der Waals surface area contributed by atoms with Gasteiger partial charge in [-0.25, -0.2) is 4.39 Å². The van der Waals surface area contributed by atoms with Crippen LogP contribution in [0.4, 0.5) is 4.39 Å². The van der Waals surface area contributed by atoms with Crippen LogP contribution in [0.3, 0.4) is 0 Å². The van der Waals surface area contributed by atoms with Crippen LogP contribution in [0.1, 0.15) is 23.1 Å². The molecule has 0 radical (unpaired) electrons. The number of nitrogens with zero attached hydrogens (tertiary/aromatic N) is 1. The summed E-state index contributed by atoms with van der Waals surface area (Å²) in [6, 6.07) is 10.9. The number of hydrogen-bond donors (Lipinski definition) is 1. The van der Waals surface area contributed by atoms with Crippen molar-refractivity contribution in [3.63, 3.8) is 0 Å². The minimum Gasteiger partial charge on any atom is -0.493 e. The first-order valence-corrected chi connectivity index (χ1v) is 9.66. The molecule has 2 aliphatic heterocycles. The summed E-state index contributed by atoms with van der Waals surface area (Å²) >= 11 is 0. The summed E-state index contributed by atoms with van der Waals surface area (Å²) in [4.78, 5) is 17.8. The van der Waals surface area contributed by atoms with Crippen molar-refractivity contribution in [3.8, 4) is 5.75 Å². The summed E-state index contributed by atoms with van der Waals surface area (Å²) in [6.45, 7) is 2.04. The number of aromatic amines is 1. The van der Waals surface area contributed by atoms with Crippen LogP contribution in [-0.4, -0.2) is 35.5 Å². The van der Waals surface area contributed by atoms with Crippen LogP contribution in [0.2, 0.25) is 0 Å². The Morgan fingerprint density at radius 1 is 1.18 bits per heavy atom. The molecule has 2 aliphatic rings. The van der Waals surface area contributed by atoms with Crippen LogP contribution >= 0.6 is 0 Å². The van der Waals surface area contributed by atoms with E-state index < -0.39 is 0 Å². The third kappa shape index (κ3) is 3.07. The summed E-state index contributed by atoms with van der Waals surface area (Å²) in [5.41, 5.74) is 5.34. The van der Waals surface area contributed by atoms with Gasteiger partial charge in [-0.1, -0.05) is 18.2 Å². The van der Waals surface area contributed by atoms with E-state index in [2.05, 4.69) is 17.1 Å². The van der Waals surface area contributed by atoms with Gasteiger partial charge in [-0.2, -0.15) is 0 Å². The third-order valence-corrected chi connectivity index (χ3v) is 5.66. The van der Waals surface area contributed by atoms with Gasteiger partial charge in [-0.15, -0.1) is 0 Å². The van der Waals surface area contributed by atoms with Crippen molar-refractivity contribution in [1.29, 1.82) is 0 Å². The molecule has 5 heteroatoms. The molecule has 0 fully saturated rings. The van der Waals surface area contributed by atoms with Gasteiger partial charge >= 0.3 is 0 Å². The fourth-order valence-corrected chi connectivity index (χ4v) is 4.14. The van der Waals surface area contributed by atoms with Crippen LogP contribution in [0.25, 0.3) is 16.5 Å². The highest BCUT2D eigenvalue weighted by Crippen LogP contribution is 2.30. The van der Waals surface area contributed by atoms with E-state index in [0.717, 1.165) is 47.2 Å². The Bertz CT molecular complexity index is 1100. The number of aromatic nitrogens is 1. The number of amides is 1. The van der Waals surface area contributed by atoms with Crippen molar-refractivity contribution in [3.05, 3.63) is 71.2 Å². The van der Waals surface area contributed by atoms with E-state index >= 15 is 0 Å². The molecule has 0 saturated carbocycles. The molecule has 1 amide bonds.